The Labute approximate surface area is 124 Å². The number of rotatable bonds is 5. The molecule has 0 bridgehead atoms. The van der Waals surface area contributed by atoms with E-state index in [0.29, 0.717) is 24.3 Å². The Kier molecular flexibility index (Phi) is 4.14. The largest absolute Gasteiger partial charge is 0.394 e. The Bertz CT molecular complexity index is 618. The Morgan fingerprint density at radius 1 is 1.14 bits per heavy atom. The monoisotopic (exact) mass is 288 g/mol. The highest BCUT2D eigenvalue weighted by Gasteiger charge is 2.31. The molecule has 112 valence electrons. The van der Waals surface area contributed by atoms with Crippen molar-refractivity contribution in [3.05, 3.63) is 46.8 Å². The number of carbonyl (C=O) groups excluding carboxylic acids is 2. The third-order valence-electron chi connectivity index (χ3n) is 3.38. The van der Waals surface area contributed by atoms with Crippen LogP contribution >= 0.6 is 0 Å². The first kappa shape index (κ1) is 15.3. The molecule has 1 aliphatic rings. The van der Waals surface area contributed by atoms with Crippen LogP contribution in [-0.4, -0.2) is 30.3 Å². The maximum Gasteiger partial charge on any atom is 0.211 e. The highest BCUT2D eigenvalue weighted by molar-refractivity contribution is 6.26. The maximum absolute atomic E-state index is 12.5. The van der Waals surface area contributed by atoms with E-state index in [1.54, 1.807) is 24.3 Å². The van der Waals surface area contributed by atoms with Gasteiger partial charge in [0.05, 0.1) is 5.60 Å². The summed E-state index contributed by atoms with van der Waals surface area (Å²) in [4.78, 5) is 24.7. The molecular weight excluding hydrogens is 268 g/mol. The zero-order valence-electron chi connectivity index (χ0n) is 12.5. The molecule has 21 heavy (non-hydrogen) atoms. The van der Waals surface area contributed by atoms with Crippen molar-refractivity contribution in [2.24, 2.45) is 5.73 Å². The van der Waals surface area contributed by atoms with Crippen molar-refractivity contribution < 1.29 is 14.3 Å². The van der Waals surface area contributed by atoms with Gasteiger partial charge in [-0.3, -0.25) is 9.59 Å². The second kappa shape index (κ2) is 5.69. The number of allylic oxidation sites excluding steroid dienone is 2. The molecule has 0 radical (unpaired) electrons. The molecule has 5 heteroatoms. The third-order valence-corrected chi connectivity index (χ3v) is 3.38. The standard InChI is InChI=1S/C16H20N2O3/c1-4-21-16(2,3)9-18-13-12(17)14(19)10-7-5-6-8-11(10)15(13)20/h5-8,18H,4,9,17H2,1-3H3. The lowest BCUT2D eigenvalue weighted by Crippen LogP contribution is -2.41. The minimum atomic E-state index is -0.456. The molecule has 0 saturated heterocycles. The van der Waals surface area contributed by atoms with Crippen LogP contribution in [0.2, 0.25) is 0 Å². The van der Waals surface area contributed by atoms with Crippen LogP contribution in [0.3, 0.4) is 0 Å². The summed E-state index contributed by atoms with van der Waals surface area (Å²) in [6, 6.07) is 6.70. The number of ketones is 2. The van der Waals surface area contributed by atoms with Gasteiger partial charge in [0.1, 0.15) is 11.4 Å². The van der Waals surface area contributed by atoms with Crippen LogP contribution in [0.5, 0.6) is 0 Å². The van der Waals surface area contributed by atoms with Crippen LogP contribution in [-0.2, 0) is 4.74 Å². The lowest BCUT2D eigenvalue weighted by atomic mass is 9.90. The summed E-state index contributed by atoms with van der Waals surface area (Å²) in [7, 11) is 0. The number of carbonyl (C=O) groups is 2. The molecule has 0 spiro atoms. The number of benzene rings is 1. The van der Waals surface area contributed by atoms with E-state index in [4.69, 9.17) is 10.5 Å². The van der Waals surface area contributed by atoms with Gasteiger partial charge in [0.15, 0.2) is 0 Å². The van der Waals surface area contributed by atoms with Crippen LogP contribution < -0.4 is 11.1 Å². The van der Waals surface area contributed by atoms with Crippen molar-refractivity contribution in [3.8, 4) is 0 Å². The quantitative estimate of drug-likeness (QED) is 0.861. The molecule has 0 atom stereocenters. The number of nitrogens with two attached hydrogens (primary N) is 1. The molecular formula is C16H20N2O3. The average molecular weight is 288 g/mol. The van der Waals surface area contributed by atoms with Crippen LogP contribution in [0.4, 0.5) is 0 Å². The number of hydrogen-bond acceptors (Lipinski definition) is 5. The Hall–Kier alpha value is -2.14. The zero-order valence-corrected chi connectivity index (χ0v) is 12.5. The van der Waals surface area contributed by atoms with E-state index in [1.165, 1.54) is 0 Å². The predicted molar refractivity (Wildman–Crippen MR) is 80.0 cm³/mol. The van der Waals surface area contributed by atoms with E-state index >= 15 is 0 Å². The Balaban J connectivity index is 2.26. The first-order valence-electron chi connectivity index (χ1n) is 6.93. The van der Waals surface area contributed by atoms with Crippen molar-refractivity contribution in [1.82, 2.24) is 5.32 Å². The minimum absolute atomic E-state index is 0.0361. The number of nitrogens with one attached hydrogen (secondary N) is 1. The molecule has 0 aliphatic heterocycles. The first-order valence-corrected chi connectivity index (χ1v) is 6.93. The molecule has 1 aromatic rings. The summed E-state index contributed by atoms with van der Waals surface area (Å²) in [5, 5.41) is 2.98. The van der Waals surface area contributed by atoms with Crippen LogP contribution in [0.25, 0.3) is 0 Å². The van der Waals surface area contributed by atoms with Gasteiger partial charge in [-0.2, -0.15) is 0 Å². The smallest absolute Gasteiger partial charge is 0.211 e. The summed E-state index contributed by atoms with van der Waals surface area (Å²) < 4.78 is 5.57. The molecule has 0 fully saturated rings. The SMILES string of the molecule is CCOC(C)(C)CNC1=C(N)C(=O)c2ccccc2C1=O. The summed E-state index contributed by atoms with van der Waals surface area (Å²) >= 11 is 0. The normalized spacial score (nSPS) is 15.2. The average Bonchev–Trinajstić information content (AvgIpc) is 2.45. The van der Waals surface area contributed by atoms with Gasteiger partial charge in [-0.15, -0.1) is 0 Å². The fraction of sp³-hybridized carbons (Fsp3) is 0.375. The van der Waals surface area contributed by atoms with Crippen molar-refractivity contribution in [2.45, 2.75) is 26.4 Å². The second-order valence-electron chi connectivity index (χ2n) is 5.54. The maximum atomic E-state index is 12.5. The summed E-state index contributed by atoms with van der Waals surface area (Å²) in [6.45, 7) is 6.67. The number of Topliss-reactive ketones (excluding diaryl/α,β-unsaturated/α-hetero) is 2. The zero-order chi connectivity index (χ0) is 15.6. The molecule has 2 rings (SSSR count). The van der Waals surface area contributed by atoms with Crippen molar-refractivity contribution in [2.75, 3.05) is 13.2 Å². The van der Waals surface area contributed by atoms with Crippen LogP contribution in [0.15, 0.2) is 35.7 Å². The number of hydrogen-bond donors (Lipinski definition) is 2. The van der Waals surface area contributed by atoms with E-state index < -0.39 is 5.60 Å². The van der Waals surface area contributed by atoms with E-state index in [2.05, 4.69) is 5.32 Å². The van der Waals surface area contributed by atoms with Crippen molar-refractivity contribution in [3.63, 3.8) is 0 Å². The Morgan fingerprint density at radius 2 is 1.71 bits per heavy atom. The van der Waals surface area contributed by atoms with E-state index in [-0.39, 0.29) is 23.0 Å². The molecule has 0 aromatic heterocycles. The second-order valence-corrected chi connectivity index (χ2v) is 5.54. The van der Waals surface area contributed by atoms with Crippen molar-refractivity contribution >= 4 is 11.6 Å². The number of ether oxygens (including phenoxy) is 1. The molecule has 0 amide bonds. The van der Waals surface area contributed by atoms with Gasteiger partial charge < -0.3 is 15.8 Å². The minimum Gasteiger partial charge on any atom is -0.394 e. The Morgan fingerprint density at radius 3 is 2.29 bits per heavy atom. The van der Waals surface area contributed by atoms with Gasteiger partial charge in [-0.05, 0) is 20.8 Å². The summed E-state index contributed by atoms with van der Waals surface area (Å²) in [6.07, 6.45) is 0. The van der Waals surface area contributed by atoms with Gasteiger partial charge in [-0.1, -0.05) is 24.3 Å². The fourth-order valence-corrected chi connectivity index (χ4v) is 2.31. The molecule has 3 N–H and O–H groups in total. The topological polar surface area (TPSA) is 81.4 Å². The van der Waals surface area contributed by atoms with Gasteiger partial charge >= 0.3 is 0 Å². The molecule has 1 aliphatic carbocycles. The summed E-state index contributed by atoms with van der Waals surface area (Å²) in [5.41, 5.74) is 6.24. The number of fused-ring (bicyclic) bond motifs is 1. The van der Waals surface area contributed by atoms with E-state index in [9.17, 15) is 9.59 Å². The molecule has 0 saturated carbocycles. The van der Waals surface area contributed by atoms with E-state index in [1.807, 2.05) is 20.8 Å². The summed E-state index contributed by atoms with van der Waals surface area (Å²) in [5.74, 6) is -0.572. The molecule has 0 heterocycles. The fourth-order valence-electron chi connectivity index (χ4n) is 2.31. The van der Waals surface area contributed by atoms with Gasteiger partial charge in [0, 0.05) is 24.3 Å². The predicted octanol–water partition coefficient (Wildman–Crippen LogP) is 1.64. The molecule has 1 aromatic carbocycles. The van der Waals surface area contributed by atoms with Crippen LogP contribution in [0, 0.1) is 0 Å². The first-order chi connectivity index (χ1) is 9.87. The van der Waals surface area contributed by atoms with Crippen molar-refractivity contribution in [1.29, 1.82) is 0 Å². The lowest BCUT2D eigenvalue weighted by Gasteiger charge is -2.27. The van der Waals surface area contributed by atoms with Gasteiger partial charge in [0.25, 0.3) is 0 Å². The highest BCUT2D eigenvalue weighted by atomic mass is 16.5. The van der Waals surface area contributed by atoms with E-state index in [0.717, 1.165) is 0 Å². The lowest BCUT2D eigenvalue weighted by molar-refractivity contribution is -0.00715. The van der Waals surface area contributed by atoms with Gasteiger partial charge in [-0.25, -0.2) is 0 Å². The molecule has 0 unspecified atom stereocenters. The molecule has 5 nitrogen and oxygen atoms in total. The highest BCUT2D eigenvalue weighted by Crippen LogP contribution is 2.23. The van der Waals surface area contributed by atoms with Crippen LogP contribution in [0.1, 0.15) is 41.5 Å². The van der Waals surface area contributed by atoms with Gasteiger partial charge in [0.2, 0.25) is 11.6 Å². The third kappa shape index (κ3) is 2.97.